The second-order valence-electron chi connectivity index (χ2n) is 25.1. The van der Waals surface area contributed by atoms with Gasteiger partial charge in [-0.3, -0.25) is 0 Å². The van der Waals surface area contributed by atoms with Crippen LogP contribution in [0, 0.1) is 0 Å². The van der Waals surface area contributed by atoms with Crippen molar-refractivity contribution in [2.75, 3.05) is 66.1 Å². The summed E-state index contributed by atoms with van der Waals surface area (Å²) in [5.41, 5.74) is 0. The van der Waals surface area contributed by atoms with Crippen LogP contribution in [0.25, 0.3) is 0 Å². The molecule has 0 aromatic rings. The molecule has 0 spiro atoms. The molecule has 0 aliphatic rings. The minimum absolute atomic E-state index is 0. The molecule has 134 heavy (non-hydrogen) atoms. The average molecular weight is 2120 g/mol. The monoisotopic (exact) mass is 2120 g/mol. The average Bonchev–Trinajstić information content (AvgIpc) is 0.954. The quantitative estimate of drug-likeness (QED) is 0.0252. The van der Waals surface area contributed by atoms with Crippen LogP contribution in [0.15, 0.2) is 0 Å². The number of hydrogen-bond donors (Lipinski definition) is 60. The molecule has 0 amide bonds. The van der Waals surface area contributed by atoms with Gasteiger partial charge in [0.2, 0.25) is 0 Å². The summed E-state index contributed by atoms with van der Waals surface area (Å²) in [6, 6.07) is 0. The van der Waals surface area contributed by atoms with Gasteiger partial charge in [-0.1, -0.05) is 0 Å². The van der Waals surface area contributed by atoms with E-state index >= 15 is 0 Å². The zero-order chi connectivity index (χ0) is 106. The van der Waals surface area contributed by atoms with Gasteiger partial charge in [-0.2, -0.15) is 0 Å². The summed E-state index contributed by atoms with van der Waals surface area (Å²) in [7, 11) is 0. The third kappa shape index (κ3) is 69.3. The van der Waals surface area contributed by atoms with Crippen LogP contribution in [0.4, 0.5) is 0 Å². The molecule has 60 N–H and O–H groups in total. The SMILES string of the molecule is O=C(O)[C@H](O)[C@@H](O)[C@H](O)[C@H](O)CO.O=C(O)[C@H](O)[C@@H](O)[C@H](O)[C@H](O)CO.O=C(O)[C@H](O)[C@@H](O)[C@H](O)[C@H](O)CO.O=C(O)[C@H](O)[C@@H](O)[C@H](O)[C@H](O)CO.O=C(O)[C@H](O)[C@@H](O)[C@H](O)[C@H](O)CO.O=C(O)[C@H](O)[C@@H](O)[C@H](O)[C@H](O)CO.O=C(O)[C@H](O)[C@@H](O)[C@H](O)[C@H](O)CO.O=C(O)[C@H](O)[C@@H](O)[C@H](O)[C@H](O)CO.O=C(O)[C@H](O)[C@@H](O)[C@H](O)[C@H](O)CO.O=C(O)[C@H](O)[C@@H](O)[C@H](O)[C@H](O)CO.[KH].[KH].[KH].[KH]. The van der Waals surface area contributed by atoms with E-state index in [2.05, 4.69) is 0 Å². The van der Waals surface area contributed by atoms with Gasteiger partial charge in [-0.15, -0.1) is 0 Å². The Kier molecular flexibility index (Phi) is 110. The van der Waals surface area contributed by atoms with Gasteiger partial charge in [-0.05, 0) is 0 Å². The second-order valence-corrected chi connectivity index (χ2v) is 25.1. The van der Waals surface area contributed by atoms with Crippen molar-refractivity contribution in [2.24, 2.45) is 0 Å². The van der Waals surface area contributed by atoms with Gasteiger partial charge >= 0.3 is 265 Å². The van der Waals surface area contributed by atoms with E-state index in [0.29, 0.717) is 0 Å². The summed E-state index contributed by atoms with van der Waals surface area (Å²) in [6.07, 6.45) is -78.4. The number of hydrogen-bond acceptors (Lipinski definition) is 60. The molecule has 0 saturated heterocycles. The first-order valence-electron chi connectivity index (χ1n) is 34.7. The Bertz CT molecular complexity index is 2360. The summed E-state index contributed by atoms with van der Waals surface area (Å²) in [6.45, 7) is -8.43. The summed E-state index contributed by atoms with van der Waals surface area (Å²) in [5.74, 6) is -17.3. The van der Waals surface area contributed by atoms with Gasteiger partial charge in [0, 0.05) is 0 Å². The Morgan fingerprint density at radius 1 is 0.112 bits per heavy atom. The van der Waals surface area contributed by atoms with E-state index in [-0.39, 0.29) is 206 Å². The van der Waals surface area contributed by atoms with E-state index in [1.165, 1.54) is 0 Å². The molecule has 74 heteroatoms. The molecule has 40 atom stereocenters. The number of aliphatic hydroxyl groups excluding tert-OH is 50. The van der Waals surface area contributed by atoms with Crippen molar-refractivity contribution in [3.8, 4) is 0 Å². The van der Waals surface area contributed by atoms with Gasteiger partial charge in [0.25, 0.3) is 0 Å². The van der Waals surface area contributed by atoms with Crippen LogP contribution >= 0.6 is 0 Å². The van der Waals surface area contributed by atoms with E-state index in [4.69, 9.17) is 306 Å². The third-order valence-corrected chi connectivity index (χ3v) is 15.1. The first-order chi connectivity index (χ1) is 59.1. The number of carbonyl (C=O) groups is 10. The van der Waals surface area contributed by atoms with Crippen molar-refractivity contribution in [3.63, 3.8) is 0 Å². The van der Waals surface area contributed by atoms with Crippen LogP contribution < -0.4 is 0 Å². The summed E-state index contributed by atoms with van der Waals surface area (Å²) in [4.78, 5) is 101. The molecule has 0 radical (unpaired) electrons. The first-order valence-corrected chi connectivity index (χ1v) is 34.7. The van der Waals surface area contributed by atoms with Crippen LogP contribution in [0.5, 0.6) is 0 Å². The molecule has 70 nitrogen and oxygen atoms in total. The number of aliphatic carboxylic acids is 10. The molecular weight excluding hydrogens is 2000 g/mol. The minimum atomic E-state index is -2.20. The fourth-order valence-electron chi connectivity index (χ4n) is 6.68. The van der Waals surface area contributed by atoms with E-state index in [1.807, 2.05) is 0 Å². The molecule has 0 saturated carbocycles. The van der Waals surface area contributed by atoms with Crippen molar-refractivity contribution in [2.45, 2.75) is 244 Å². The van der Waals surface area contributed by atoms with Crippen LogP contribution in [-0.2, 0) is 47.9 Å². The fourth-order valence-corrected chi connectivity index (χ4v) is 6.68. The summed E-state index contributed by atoms with van der Waals surface area (Å²) in [5, 5.41) is 518. The van der Waals surface area contributed by atoms with Gasteiger partial charge in [-0.25, -0.2) is 47.9 Å². The number of aliphatic hydroxyl groups is 50. The predicted molar refractivity (Wildman–Crippen MR) is 416 cm³/mol. The number of rotatable bonds is 50. The van der Waals surface area contributed by atoms with Crippen molar-refractivity contribution in [3.05, 3.63) is 0 Å². The molecule has 0 fully saturated rings. The van der Waals surface area contributed by atoms with Crippen molar-refractivity contribution >= 4 is 265 Å². The Labute approximate surface area is 918 Å². The molecule has 0 unspecified atom stereocenters. The second kappa shape index (κ2) is 89.8. The van der Waals surface area contributed by atoms with Gasteiger partial charge in [0.05, 0.1) is 66.1 Å². The molecule has 0 aromatic heterocycles. The van der Waals surface area contributed by atoms with E-state index in [9.17, 15) is 47.9 Å². The maximum absolute atomic E-state index is 10.1. The predicted octanol–water partition coefficient (Wildman–Crippen LogP) is -37.5. The van der Waals surface area contributed by atoms with E-state index in [1.54, 1.807) is 0 Å². The molecule has 0 rings (SSSR count). The first kappa shape index (κ1) is 164. The van der Waals surface area contributed by atoms with Gasteiger partial charge < -0.3 is 306 Å². The van der Waals surface area contributed by atoms with Crippen LogP contribution in [0.2, 0.25) is 0 Å². The maximum atomic E-state index is 10.1. The normalized spacial score (nSPS) is 19.8. The Hall–Kier alpha value is -0.755. The fraction of sp³-hybridized carbons (Fsp3) is 0.833. The summed E-state index contributed by atoms with van der Waals surface area (Å²) >= 11 is 0. The van der Waals surface area contributed by atoms with E-state index < -0.39 is 370 Å². The molecule has 0 heterocycles. The molecule has 788 valence electrons. The van der Waals surface area contributed by atoms with Crippen LogP contribution in [0.3, 0.4) is 0 Å². The van der Waals surface area contributed by atoms with Gasteiger partial charge in [0.1, 0.15) is 183 Å². The molecule has 0 aliphatic carbocycles. The standard InChI is InChI=1S/10C6H12O7.4K.4H/c10*7-1-2(8)3(9)4(10)5(11)6(12)13;;;;;;;;/h10*2-5,7-11H,1H2,(H,12,13);;;;;;;;/t10*2-,3-,4+,5-;;;;;;;;/m1111111111......../s1. The zero-order valence-electron chi connectivity index (χ0n) is 66.1. The Balaban J connectivity index is -0.0000000992. The molecular formula is C60H124K4O70. The zero-order valence-corrected chi connectivity index (χ0v) is 66.1. The molecule has 0 aromatic carbocycles. The Morgan fingerprint density at radius 3 is 0.187 bits per heavy atom. The molecule has 0 aliphatic heterocycles. The van der Waals surface area contributed by atoms with Crippen molar-refractivity contribution < 1.29 is 354 Å². The van der Waals surface area contributed by atoms with Crippen LogP contribution in [-0.4, -0.2) is 882 Å². The number of carboxylic acid groups (broad SMARTS) is 10. The van der Waals surface area contributed by atoms with Gasteiger partial charge in [0.15, 0.2) is 61.0 Å². The van der Waals surface area contributed by atoms with Crippen molar-refractivity contribution in [1.29, 1.82) is 0 Å². The summed E-state index contributed by atoms with van der Waals surface area (Å²) < 4.78 is 0. The number of carboxylic acids is 10. The van der Waals surface area contributed by atoms with Crippen molar-refractivity contribution in [1.82, 2.24) is 0 Å². The third-order valence-electron chi connectivity index (χ3n) is 15.1. The van der Waals surface area contributed by atoms with Crippen LogP contribution in [0.1, 0.15) is 0 Å². The topological polar surface area (TPSA) is 1380 Å². The Morgan fingerprint density at radius 2 is 0.157 bits per heavy atom. The molecule has 0 bridgehead atoms. The van der Waals surface area contributed by atoms with E-state index in [0.717, 1.165) is 0 Å².